The first-order chi connectivity index (χ1) is 15.1. The minimum absolute atomic E-state index is 0. The summed E-state index contributed by atoms with van der Waals surface area (Å²) >= 11 is 1.71. The maximum atomic E-state index is 12.1. The van der Waals surface area contributed by atoms with E-state index in [-0.39, 0.29) is 42.5 Å². The van der Waals surface area contributed by atoms with E-state index in [1.54, 1.807) is 30.3 Å². The Bertz CT molecular complexity index is 878. The fraction of sp³-hybridized carbons (Fsp3) is 0.478. The van der Waals surface area contributed by atoms with E-state index < -0.39 is 0 Å². The van der Waals surface area contributed by atoms with E-state index in [9.17, 15) is 4.79 Å². The van der Waals surface area contributed by atoms with Gasteiger partial charge in [0.05, 0.1) is 25.3 Å². The van der Waals surface area contributed by atoms with Crippen molar-refractivity contribution < 1.29 is 9.53 Å². The Labute approximate surface area is 211 Å². The SMILES string of the molecule is CN(C)C(=O)CN=C(NCc1cccs1)N1CC2OCCN(Cc3ccccc3)C2C1.I. The van der Waals surface area contributed by atoms with Crippen molar-refractivity contribution in [1.29, 1.82) is 0 Å². The monoisotopic (exact) mass is 569 g/mol. The van der Waals surface area contributed by atoms with Gasteiger partial charge in [0.1, 0.15) is 6.54 Å². The molecule has 1 amide bonds. The number of rotatable bonds is 6. The topological polar surface area (TPSA) is 60.4 Å². The third kappa shape index (κ3) is 6.43. The molecule has 0 bridgehead atoms. The lowest BCUT2D eigenvalue weighted by Gasteiger charge is -2.36. The number of carbonyl (C=O) groups is 1. The molecule has 4 rings (SSSR count). The second-order valence-electron chi connectivity index (χ2n) is 8.20. The number of likely N-dealkylation sites (N-methyl/N-ethyl adjacent to an activating group) is 1. The molecule has 2 saturated heterocycles. The molecule has 1 N–H and O–H groups in total. The number of nitrogens with one attached hydrogen (secondary N) is 1. The van der Waals surface area contributed by atoms with Crippen LogP contribution in [-0.2, 0) is 22.6 Å². The van der Waals surface area contributed by atoms with Crippen LogP contribution in [0.15, 0.2) is 52.8 Å². The number of nitrogens with zero attached hydrogens (tertiary/aromatic N) is 4. The van der Waals surface area contributed by atoms with Gasteiger partial charge in [0.25, 0.3) is 0 Å². The molecule has 0 saturated carbocycles. The Morgan fingerprint density at radius 2 is 2.03 bits per heavy atom. The highest BCUT2D eigenvalue weighted by atomic mass is 127. The lowest BCUT2D eigenvalue weighted by molar-refractivity contribution is -0.127. The largest absolute Gasteiger partial charge is 0.373 e. The summed E-state index contributed by atoms with van der Waals surface area (Å²) in [4.78, 5) is 24.4. The lowest BCUT2D eigenvalue weighted by atomic mass is 10.1. The number of carbonyl (C=O) groups excluding carboxylic acids is 1. The van der Waals surface area contributed by atoms with Crippen LogP contribution in [0.5, 0.6) is 0 Å². The minimum atomic E-state index is -0.00556. The van der Waals surface area contributed by atoms with E-state index in [0.717, 1.165) is 38.7 Å². The zero-order valence-electron chi connectivity index (χ0n) is 18.6. The Morgan fingerprint density at radius 1 is 1.22 bits per heavy atom. The van der Waals surface area contributed by atoms with E-state index in [0.29, 0.717) is 12.6 Å². The van der Waals surface area contributed by atoms with Crippen molar-refractivity contribution >= 4 is 47.2 Å². The fourth-order valence-electron chi connectivity index (χ4n) is 4.08. The zero-order valence-corrected chi connectivity index (χ0v) is 21.8. The van der Waals surface area contributed by atoms with Crippen LogP contribution in [0.25, 0.3) is 0 Å². The van der Waals surface area contributed by atoms with Gasteiger partial charge in [-0.2, -0.15) is 0 Å². The second kappa shape index (κ2) is 12.0. The van der Waals surface area contributed by atoms with Gasteiger partial charge in [-0.05, 0) is 17.0 Å². The quantitative estimate of drug-likeness (QED) is 0.329. The molecule has 9 heteroatoms. The van der Waals surface area contributed by atoms with E-state index in [1.165, 1.54) is 10.4 Å². The Hall–Kier alpha value is -1.69. The molecule has 3 heterocycles. The van der Waals surface area contributed by atoms with Crippen LogP contribution >= 0.6 is 35.3 Å². The van der Waals surface area contributed by atoms with Crippen molar-refractivity contribution in [3.05, 3.63) is 58.3 Å². The van der Waals surface area contributed by atoms with E-state index in [2.05, 4.69) is 61.9 Å². The molecule has 174 valence electrons. The summed E-state index contributed by atoms with van der Waals surface area (Å²) in [5.41, 5.74) is 1.32. The molecule has 2 aromatic rings. The van der Waals surface area contributed by atoms with Gasteiger partial charge in [-0.25, -0.2) is 4.99 Å². The van der Waals surface area contributed by atoms with Crippen LogP contribution in [-0.4, -0.2) is 85.6 Å². The molecule has 2 atom stereocenters. The summed E-state index contributed by atoms with van der Waals surface area (Å²) in [6, 6.07) is 15.1. The van der Waals surface area contributed by atoms with Gasteiger partial charge in [-0.1, -0.05) is 36.4 Å². The number of amides is 1. The highest BCUT2D eigenvalue weighted by molar-refractivity contribution is 14.0. The number of ether oxygens (including phenoxy) is 1. The summed E-state index contributed by atoms with van der Waals surface area (Å²) in [6.45, 7) is 5.06. The number of halogens is 1. The Balaban J connectivity index is 0.00000289. The minimum Gasteiger partial charge on any atom is -0.373 e. The van der Waals surface area contributed by atoms with Gasteiger partial charge < -0.3 is 19.9 Å². The number of aliphatic imine (C=N–C) groups is 1. The summed E-state index contributed by atoms with van der Waals surface area (Å²) in [6.07, 6.45) is 0.149. The normalized spacial score (nSPS) is 21.1. The lowest BCUT2D eigenvalue weighted by Crippen LogP contribution is -2.50. The molecule has 32 heavy (non-hydrogen) atoms. The summed E-state index contributed by atoms with van der Waals surface area (Å²) in [5.74, 6) is 0.773. The molecule has 0 spiro atoms. The van der Waals surface area contributed by atoms with Gasteiger partial charge >= 0.3 is 0 Å². The first-order valence-corrected chi connectivity index (χ1v) is 11.6. The number of hydrogen-bond acceptors (Lipinski definition) is 5. The van der Waals surface area contributed by atoms with Crippen molar-refractivity contribution in [2.45, 2.75) is 25.2 Å². The van der Waals surface area contributed by atoms with Crippen LogP contribution in [0.3, 0.4) is 0 Å². The van der Waals surface area contributed by atoms with Crippen LogP contribution in [0.4, 0.5) is 0 Å². The molecule has 2 fully saturated rings. The molecular formula is C23H32IN5O2S. The van der Waals surface area contributed by atoms with E-state index in [4.69, 9.17) is 4.74 Å². The number of guanidine groups is 1. The molecular weight excluding hydrogens is 537 g/mol. The number of likely N-dealkylation sites (tertiary alicyclic amines) is 1. The van der Waals surface area contributed by atoms with Crippen molar-refractivity contribution in [2.24, 2.45) is 4.99 Å². The van der Waals surface area contributed by atoms with E-state index in [1.807, 2.05) is 6.07 Å². The number of morpholine rings is 1. The summed E-state index contributed by atoms with van der Waals surface area (Å²) in [5, 5.41) is 5.55. The van der Waals surface area contributed by atoms with Crippen LogP contribution in [0.2, 0.25) is 0 Å². The standard InChI is InChI=1S/C23H31N5O2S.HI/c1-26(2)22(29)14-25-23(24-13-19-9-6-12-31-19)28-16-20-21(17-28)30-11-10-27(20)15-18-7-4-3-5-8-18;/h3-9,12,20-21H,10-11,13-17H2,1-2H3,(H,24,25);1H. The van der Waals surface area contributed by atoms with Gasteiger partial charge in [0, 0.05) is 45.2 Å². The Morgan fingerprint density at radius 3 is 2.75 bits per heavy atom. The summed E-state index contributed by atoms with van der Waals surface area (Å²) < 4.78 is 6.13. The maximum absolute atomic E-state index is 12.1. The predicted octanol–water partition coefficient (Wildman–Crippen LogP) is 2.49. The first kappa shape index (κ1) is 24.9. The number of fused-ring (bicyclic) bond motifs is 1. The molecule has 2 aliphatic heterocycles. The average molecular weight is 570 g/mol. The van der Waals surface area contributed by atoms with Crippen molar-refractivity contribution in [2.75, 3.05) is 46.9 Å². The van der Waals surface area contributed by atoms with Gasteiger partial charge in [0.15, 0.2) is 5.96 Å². The fourth-order valence-corrected chi connectivity index (χ4v) is 4.72. The summed E-state index contributed by atoms with van der Waals surface area (Å²) in [7, 11) is 3.52. The number of benzene rings is 1. The highest BCUT2D eigenvalue weighted by Gasteiger charge is 2.41. The smallest absolute Gasteiger partial charge is 0.243 e. The molecule has 7 nitrogen and oxygen atoms in total. The van der Waals surface area contributed by atoms with Crippen LogP contribution in [0.1, 0.15) is 10.4 Å². The van der Waals surface area contributed by atoms with Crippen LogP contribution in [0, 0.1) is 0 Å². The molecule has 0 radical (unpaired) electrons. The average Bonchev–Trinajstić information content (AvgIpc) is 3.44. The van der Waals surface area contributed by atoms with Gasteiger partial charge in [-0.15, -0.1) is 35.3 Å². The van der Waals surface area contributed by atoms with Gasteiger partial charge in [0.2, 0.25) is 5.91 Å². The first-order valence-electron chi connectivity index (χ1n) is 10.8. The molecule has 0 aliphatic carbocycles. The third-order valence-corrected chi connectivity index (χ3v) is 6.68. The van der Waals surface area contributed by atoms with Crippen molar-refractivity contribution in [1.82, 2.24) is 20.0 Å². The number of hydrogen-bond donors (Lipinski definition) is 1. The van der Waals surface area contributed by atoms with E-state index >= 15 is 0 Å². The van der Waals surface area contributed by atoms with Gasteiger partial charge in [-0.3, -0.25) is 9.69 Å². The predicted molar refractivity (Wildman–Crippen MR) is 140 cm³/mol. The zero-order chi connectivity index (χ0) is 21.6. The molecule has 1 aromatic carbocycles. The van der Waals surface area contributed by atoms with Crippen molar-refractivity contribution in [3.8, 4) is 0 Å². The highest BCUT2D eigenvalue weighted by Crippen LogP contribution is 2.25. The third-order valence-electron chi connectivity index (χ3n) is 5.81. The Kier molecular flexibility index (Phi) is 9.33. The molecule has 2 aliphatic rings. The second-order valence-corrected chi connectivity index (χ2v) is 9.23. The maximum Gasteiger partial charge on any atom is 0.243 e. The number of thiophene rings is 1. The van der Waals surface area contributed by atoms with Crippen molar-refractivity contribution in [3.63, 3.8) is 0 Å². The van der Waals surface area contributed by atoms with Crippen LogP contribution < -0.4 is 5.32 Å². The molecule has 1 aromatic heterocycles. The molecule has 2 unspecified atom stereocenters.